The van der Waals surface area contributed by atoms with Gasteiger partial charge in [-0.15, -0.1) is 0 Å². The summed E-state index contributed by atoms with van der Waals surface area (Å²) in [6.45, 7) is 7.41. The van der Waals surface area contributed by atoms with Gasteiger partial charge in [0.15, 0.2) is 0 Å². The number of benzene rings is 1. The fourth-order valence-electron chi connectivity index (χ4n) is 1.98. The predicted octanol–water partition coefficient (Wildman–Crippen LogP) is 3.37. The highest BCUT2D eigenvalue weighted by atomic mass is 35.5. The molecular weight excluding hydrogens is 248 g/mol. The lowest BCUT2D eigenvalue weighted by atomic mass is 10.00. The highest BCUT2D eigenvalue weighted by Crippen LogP contribution is 2.26. The molecule has 0 bridgehead atoms. The number of rotatable bonds is 2. The van der Waals surface area contributed by atoms with Crippen LogP contribution >= 0.6 is 11.6 Å². The number of hydrogen-bond acceptors (Lipinski definition) is 2. The zero-order valence-corrected chi connectivity index (χ0v) is 11.8. The van der Waals surface area contributed by atoms with Gasteiger partial charge in [-0.25, -0.2) is 4.68 Å². The minimum absolute atomic E-state index is 0.715. The lowest BCUT2D eigenvalue weighted by Crippen LogP contribution is -2.16. The number of nitrogens with zero attached hydrogens (tertiary/aromatic N) is 2. The Morgan fingerprint density at radius 2 is 1.94 bits per heavy atom. The summed E-state index contributed by atoms with van der Waals surface area (Å²) >= 11 is 6.12. The average molecular weight is 265 g/mol. The molecule has 1 aromatic carbocycles. The second kappa shape index (κ2) is 4.41. The molecule has 2 rings (SSSR count). The molecule has 1 N–H and O–H groups in total. The molecule has 0 aliphatic heterocycles. The maximum absolute atomic E-state index is 10.0. The molecule has 1 aromatic heterocycles. The molecule has 0 aliphatic rings. The van der Waals surface area contributed by atoms with E-state index in [0.717, 1.165) is 22.5 Å². The smallest absolute Gasteiger partial charge is 0.0873 e. The molecule has 18 heavy (non-hydrogen) atoms. The number of aryl methyl sites for hydroxylation is 1. The van der Waals surface area contributed by atoms with E-state index in [1.165, 1.54) is 0 Å². The lowest BCUT2D eigenvalue weighted by molar-refractivity contribution is 0.0779. The number of aliphatic hydroxyl groups is 1. The third-order valence-corrected chi connectivity index (χ3v) is 3.48. The van der Waals surface area contributed by atoms with Gasteiger partial charge in [-0.1, -0.05) is 17.7 Å². The van der Waals surface area contributed by atoms with E-state index in [9.17, 15) is 5.11 Å². The van der Waals surface area contributed by atoms with Crippen molar-refractivity contribution in [1.82, 2.24) is 9.78 Å². The quantitative estimate of drug-likeness (QED) is 0.903. The van der Waals surface area contributed by atoms with Gasteiger partial charge in [0.1, 0.15) is 0 Å². The third kappa shape index (κ3) is 2.28. The zero-order valence-electron chi connectivity index (χ0n) is 11.0. The molecule has 0 unspecified atom stereocenters. The highest BCUT2D eigenvalue weighted by Gasteiger charge is 2.22. The van der Waals surface area contributed by atoms with E-state index >= 15 is 0 Å². The van der Waals surface area contributed by atoms with E-state index in [1.54, 1.807) is 24.7 Å². The van der Waals surface area contributed by atoms with Gasteiger partial charge in [0.2, 0.25) is 0 Å². The van der Waals surface area contributed by atoms with Gasteiger partial charge < -0.3 is 5.11 Å². The molecule has 2 aromatic rings. The molecule has 1 heterocycles. The van der Waals surface area contributed by atoms with E-state index in [-0.39, 0.29) is 0 Å². The maximum Gasteiger partial charge on any atom is 0.0873 e. The van der Waals surface area contributed by atoms with Gasteiger partial charge in [0.05, 0.1) is 17.5 Å². The third-order valence-electron chi connectivity index (χ3n) is 3.07. The monoisotopic (exact) mass is 264 g/mol. The Labute approximate surface area is 112 Å². The van der Waals surface area contributed by atoms with Gasteiger partial charge in [0.25, 0.3) is 0 Å². The van der Waals surface area contributed by atoms with Gasteiger partial charge in [-0.2, -0.15) is 5.10 Å². The van der Waals surface area contributed by atoms with Crippen LogP contribution in [-0.4, -0.2) is 14.9 Å². The molecule has 0 aliphatic carbocycles. The second-order valence-corrected chi connectivity index (χ2v) is 5.46. The summed E-state index contributed by atoms with van der Waals surface area (Å²) in [6.07, 6.45) is 1.70. The number of aromatic nitrogens is 2. The Bertz CT molecular complexity index is 582. The molecule has 0 saturated carbocycles. The summed E-state index contributed by atoms with van der Waals surface area (Å²) in [7, 11) is 0. The fraction of sp³-hybridized carbons (Fsp3) is 0.357. The largest absolute Gasteiger partial charge is 0.386 e. The summed E-state index contributed by atoms with van der Waals surface area (Å²) in [4.78, 5) is 0. The van der Waals surface area contributed by atoms with Crippen molar-refractivity contribution in [1.29, 1.82) is 0 Å². The number of hydrogen-bond donors (Lipinski definition) is 1. The van der Waals surface area contributed by atoms with Crippen molar-refractivity contribution in [2.45, 2.75) is 33.3 Å². The zero-order chi connectivity index (χ0) is 13.5. The molecule has 0 atom stereocenters. The van der Waals surface area contributed by atoms with Crippen LogP contribution in [0.5, 0.6) is 0 Å². The van der Waals surface area contributed by atoms with Crippen molar-refractivity contribution in [3.8, 4) is 5.69 Å². The average Bonchev–Trinajstić information content (AvgIpc) is 2.64. The summed E-state index contributed by atoms with van der Waals surface area (Å²) in [6, 6.07) is 5.81. The molecule has 0 amide bonds. The van der Waals surface area contributed by atoms with Crippen molar-refractivity contribution in [3.05, 3.63) is 46.2 Å². The van der Waals surface area contributed by atoms with Crippen LogP contribution in [0, 0.1) is 13.8 Å². The van der Waals surface area contributed by atoms with Crippen molar-refractivity contribution in [3.63, 3.8) is 0 Å². The first-order chi connectivity index (χ1) is 8.30. The molecule has 4 heteroatoms. The SMILES string of the molecule is Cc1ccc(-n2ncc(C(C)(C)O)c2C)cc1Cl. The van der Waals surface area contributed by atoms with Crippen molar-refractivity contribution in [2.75, 3.05) is 0 Å². The van der Waals surface area contributed by atoms with E-state index in [0.29, 0.717) is 5.02 Å². The minimum atomic E-state index is -0.892. The molecule has 3 nitrogen and oxygen atoms in total. The second-order valence-electron chi connectivity index (χ2n) is 5.05. The summed E-state index contributed by atoms with van der Waals surface area (Å²) in [5, 5.41) is 15.1. The first kappa shape index (κ1) is 13.1. The van der Waals surface area contributed by atoms with Crippen LogP contribution in [-0.2, 0) is 5.60 Å². The van der Waals surface area contributed by atoms with Crippen molar-refractivity contribution < 1.29 is 5.11 Å². The van der Waals surface area contributed by atoms with Crippen LogP contribution in [0.3, 0.4) is 0 Å². The van der Waals surface area contributed by atoms with Gasteiger partial charge in [0, 0.05) is 16.3 Å². The van der Waals surface area contributed by atoms with Crippen LogP contribution in [0.25, 0.3) is 5.69 Å². The fourth-order valence-corrected chi connectivity index (χ4v) is 2.16. The van der Waals surface area contributed by atoms with Crippen molar-refractivity contribution >= 4 is 11.6 Å². The Morgan fingerprint density at radius 1 is 1.28 bits per heavy atom. The Morgan fingerprint density at radius 3 is 2.44 bits per heavy atom. The Hall–Kier alpha value is -1.32. The molecule has 0 fully saturated rings. The lowest BCUT2D eigenvalue weighted by Gasteiger charge is -2.17. The standard InChI is InChI=1S/C14H17ClN2O/c1-9-5-6-11(7-13(9)15)17-10(2)12(8-16-17)14(3,4)18/h5-8,18H,1-4H3. The van der Waals surface area contributed by atoms with Gasteiger partial charge in [-0.05, 0) is 45.4 Å². The predicted molar refractivity (Wildman–Crippen MR) is 73.3 cm³/mol. The van der Waals surface area contributed by atoms with Gasteiger partial charge >= 0.3 is 0 Å². The molecular formula is C14H17ClN2O. The normalized spacial score (nSPS) is 11.9. The van der Waals surface area contributed by atoms with E-state index in [2.05, 4.69) is 5.10 Å². The minimum Gasteiger partial charge on any atom is -0.386 e. The van der Waals surface area contributed by atoms with E-state index in [4.69, 9.17) is 11.6 Å². The topological polar surface area (TPSA) is 38.0 Å². The molecule has 0 spiro atoms. The molecule has 0 saturated heterocycles. The van der Waals surface area contributed by atoms with Crippen LogP contribution in [0.1, 0.15) is 30.7 Å². The van der Waals surface area contributed by atoms with Crippen molar-refractivity contribution in [2.24, 2.45) is 0 Å². The van der Waals surface area contributed by atoms with Gasteiger partial charge in [-0.3, -0.25) is 0 Å². The van der Waals surface area contributed by atoms with E-state index < -0.39 is 5.60 Å². The Balaban J connectivity index is 2.52. The van der Waals surface area contributed by atoms with E-state index in [1.807, 2.05) is 32.0 Å². The van der Waals surface area contributed by atoms with Crippen LogP contribution in [0.4, 0.5) is 0 Å². The first-order valence-corrected chi connectivity index (χ1v) is 6.22. The van der Waals surface area contributed by atoms with Crippen LogP contribution in [0.15, 0.2) is 24.4 Å². The molecule has 96 valence electrons. The van der Waals surface area contributed by atoms with Crippen LogP contribution in [0.2, 0.25) is 5.02 Å². The Kier molecular flexibility index (Phi) is 3.21. The highest BCUT2D eigenvalue weighted by molar-refractivity contribution is 6.31. The van der Waals surface area contributed by atoms with Crippen LogP contribution < -0.4 is 0 Å². The number of halogens is 1. The molecule has 0 radical (unpaired) electrons. The maximum atomic E-state index is 10.0. The summed E-state index contributed by atoms with van der Waals surface area (Å²) < 4.78 is 1.79. The summed E-state index contributed by atoms with van der Waals surface area (Å²) in [5.74, 6) is 0. The first-order valence-electron chi connectivity index (χ1n) is 5.84. The summed E-state index contributed by atoms with van der Waals surface area (Å²) in [5.41, 5.74) is 2.78.